The van der Waals surface area contributed by atoms with Crippen molar-refractivity contribution in [3.63, 3.8) is 0 Å². The predicted octanol–water partition coefficient (Wildman–Crippen LogP) is 3.30. The second-order valence-corrected chi connectivity index (χ2v) is 4.27. The molecule has 0 aliphatic carbocycles. The van der Waals surface area contributed by atoms with Gasteiger partial charge < -0.3 is 14.7 Å². The first kappa shape index (κ1) is 13.9. The number of benzene rings is 2. The molecule has 0 radical (unpaired) electrons. The van der Waals surface area contributed by atoms with E-state index in [1.54, 1.807) is 14.2 Å². The van der Waals surface area contributed by atoms with E-state index in [1.165, 1.54) is 6.21 Å². The van der Waals surface area contributed by atoms with Crippen molar-refractivity contribution < 1.29 is 14.7 Å². The summed E-state index contributed by atoms with van der Waals surface area (Å²) in [4.78, 5) is 0. The standard InChI is InChI=1S/C16H17NO3/c1-19-15-9-8-13(10-16(15)20-2)14(11-17-18)12-6-4-3-5-7-12/h3-11,14,18H,1-2H3/b17-11+. The molecule has 0 aromatic heterocycles. The maximum atomic E-state index is 8.90. The van der Waals surface area contributed by atoms with Crippen LogP contribution in [0, 0.1) is 0 Å². The van der Waals surface area contributed by atoms with Gasteiger partial charge in [-0.3, -0.25) is 0 Å². The van der Waals surface area contributed by atoms with Crippen molar-refractivity contribution in [1.29, 1.82) is 0 Å². The van der Waals surface area contributed by atoms with Gasteiger partial charge in [0.2, 0.25) is 0 Å². The summed E-state index contributed by atoms with van der Waals surface area (Å²) in [6, 6.07) is 15.5. The van der Waals surface area contributed by atoms with E-state index in [4.69, 9.17) is 14.7 Å². The van der Waals surface area contributed by atoms with Crippen molar-refractivity contribution in [2.75, 3.05) is 14.2 Å². The van der Waals surface area contributed by atoms with E-state index in [0.29, 0.717) is 11.5 Å². The molecule has 0 saturated carbocycles. The van der Waals surface area contributed by atoms with Gasteiger partial charge in [0.05, 0.1) is 20.4 Å². The molecular formula is C16H17NO3. The summed E-state index contributed by atoms with van der Waals surface area (Å²) in [5, 5.41) is 12.1. The maximum absolute atomic E-state index is 8.90. The quantitative estimate of drug-likeness (QED) is 0.515. The van der Waals surface area contributed by atoms with Gasteiger partial charge in [-0.15, -0.1) is 5.16 Å². The van der Waals surface area contributed by atoms with Gasteiger partial charge in [0.15, 0.2) is 11.5 Å². The Balaban J connectivity index is 2.45. The molecule has 0 aliphatic rings. The molecule has 0 bridgehead atoms. The monoisotopic (exact) mass is 271 g/mol. The number of methoxy groups -OCH3 is 2. The predicted molar refractivity (Wildman–Crippen MR) is 78.1 cm³/mol. The number of oxime groups is 1. The van der Waals surface area contributed by atoms with Gasteiger partial charge in [-0.2, -0.15) is 0 Å². The van der Waals surface area contributed by atoms with Crippen LogP contribution in [0.3, 0.4) is 0 Å². The second kappa shape index (κ2) is 6.61. The Morgan fingerprint density at radius 3 is 2.25 bits per heavy atom. The van der Waals surface area contributed by atoms with Crippen LogP contribution in [0.25, 0.3) is 0 Å². The van der Waals surface area contributed by atoms with Gasteiger partial charge in [0.25, 0.3) is 0 Å². The summed E-state index contributed by atoms with van der Waals surface area (Å²) in [7, 11) is 3.20. The Morgan fingerprint density at radius 2 is 1.65 bits per heavy atom. The molecule has 2 aromatic carbocycles. The average Bonchev–Trinajstić information content (AvgIpc) is 2.52. The van der Waals surface area contributed by atoms with Crippen molar-refractivity contribution in [1.82, 2.24) is 0 Å². The van der Waals surface area contributed by atoms with Gasteiger partial charge in [-0.25, -0.2) is 0 Å². The molecule has 104 valence electrons. The third kappa shape index (κ3) is 2.91. The van der Waals surface area contributed by atoms with E-state index in [-0.39, 0.29) is 5.92 Å². The average molecular weight is 271 g/mol. The van der Waals surface area contributed by atoms with Crippen LogP contribution in [0.15, 0.2) is 53.7 Å². The minimum absolute atomic E-state index is 0.138. The summed E-state index contributed by atoms with van der Waals surface area (Å²) in [6.07, 6.45) is 1.50. The SMILES string of the molecule is COc1ccc(C(/C=N/O)c2ccccc2)cc1OC. The third-order valence-electron chi connectivity index (χ3n) is 3.14. The number of hydrogen-bond acceptors (Lipinski definition) is 4. The number of ether oxygens (including phenoxy) is 2. The van der Waals surface area contributed by atoms with Crippen molar-refractivity contribution in [3.05, 3.63) is 59.7 Å². The number of hydrogen-bond donors (Lipinski definition) is 1. The minimum Gasteiger partial charge on any atom is -0.493 e. The third-order valence-corrected chi connectivity index (χ3v) is 3.14. The molecule has 1 N–H and O–H groups in total. The van der Waals surface area contributed by atoms with Gasteiger partial charge in [-0.1, -0.05) is 36.4 Å². The molecule has 0 heterocycles. The topological polar surface area (TPSA) is 51.0 Å². The Hall–Kier alpha value is -2.49. The van der Waals surface area contributed by atoms with Gasteiger partial charge in [0, 0.05) is 5.92 Å². The summed E-state index contributed by atoms with van der Waals surface area (Å²) < 4.78 is 10.5. The van der Waals surface area contributed by atoms with E-state index in [2.05, 4.69) is 5.16 Å². The van der Waals surface area contributed by atoms with Crippen molar-refractivity contribution >= 4 is 6.21 Å². The molecule has 0 aliphatic heterocycles. The molecule has 0 spiro atoms. The molecule has 0 fully saturated rings. The van der Waals surface area contributed by atoms with Crippen LogP contribution in [0.1, 0.15) is 17.0 Å². The molecule has 0 saturated heterocycles. The highest BCUT2D eigenvalue weighted by Gasteiger charge is 2.14. The van der Waals surface area contributed by atoms with Gasteiger partial charge in [0.1, 0.15) is 0 Å². The zero-order chi connectivity index (χ0) is 14.4. The summed E-state index contributed by atoms with van der Waals surface area (Å²) in [5.74, 6) is 1.18. The molecule has 20 heavy (non-hydrogen) atoms. The summed E-state index contributed by atoms with van der Waals surface area (Å²) >= 11 is 0. The Labute approximate surface area is 118 Å². The minimum atomic E-state index is -0.138. The molecule has 4 heteroatoms. The molecule has 1 unspecified atom stereocenters. The van der Waals surface area contributed by atoms with E-state index < -0.39 is 0 Å². The molecule has 2 rings (SSSR count). The normalized spacial score (nSPS) is 12.3. The first-order chi connectivity index (χ1) is 9.80. The number of nitrogens with zero attached hydrogens (tertiary/aromatic N) is 1. The fourth-order valence-corrected chi connectivity index (χ4v) is 2.14. The van der Waals surface area contributed by atoms with E-state index in [9.17, 15) is 0 Å². The van der Waals surface area contributed by atoms with Crippen LogP contribution in [-0.4, -0.2) is 25.6 Å². The Bertz CT molecular complexity index is 582. The van der Waals surface area contributed by atoms with Crippen molar-refractivity contribution in [2.45, 2.75) is 5.92 Å². The lowest BCUT2D eigenvalue weighted by molar-refractivity contribution is 0.320. The fraction of sp³-hybridized carbons (Fsp3) is 0.188. The summed E-state index contributed by atoms with van der Waals surface area (Å²) in [6.45, 7) is 0. The van der Waals surface area contributed by atoms with Crippen LogP contribution in [0.5, 0.6) is 11.5 Å². The van der Waals surface area contributed by atoms with E-state index in [1.807, 2.05) is 48.5 Å². The first-order valence-electron chi connectivity index (χ1n) is 6.24. The van der Waals surface area contributed by atoms with Gasteiger partial charge >= 0.3 is 0 Å². The highest BCUT2D eigenvalue weighted by Crippen LogP contribution is 2.32. The lowest BCUT2D eigenvalue weighted by atomic mass is 9.92. The lowest BCUT2D eigenvalue weighted by Gasteiger charge is -2.15. The zero-order valence-electron chi connectivity index (χ0n) is 11.5. The fourth-order valence-electron chi connectivity index (χ4n) is 2.14. The zero-order valence-corrected chi connectivity index (χ0v) is 11.5. The second-order valence-electron chi connectivity index (χ2n) is 4.27. The molecule has 4 nitrogen and oxygen atoms in total. The van der Waals surface area contributed by atoms with E-state index >= 15 is 0 Å². The highest BCUT2D eigenvalue weighted by atomic mass is 16.5. The Kier molecular flexibility index (Phi) is 4.60. The van der Waals surface area contributed by atoms with Crippen molar-refractivity contribution in [2.24, 2.45) is 5.16 Å². The molecular weight excluding hydrogens is 254 g/mol. The smallest absolute Gasteiger partial charge is 0.161 e. The largest absolute Gasteiger partial charge is 0.493 e. The lowest BCUT2D eigenvalue weighted by Crippen LogP contribution is -2.03. The van der Waals surface area contributed by atoms with Crippen LogP contribution >= 0.6 is 0 Å². The summed E-state index contributed by atoms with van der Waals surface area (Å²) in [5.41, 5.74) is 2.00. The van der Waals surface area contributed by atoms with E-state index in [0.717, 1.165) is 11.1 Å². The first-order valence-corrected chi connectivity index (χ1v) is 6.24. The molecule has 1 atom stereocenters. The van der Waals surface area contributed by atoms with Crippen LogP contribution in [-0.2, 0) is 0 Å². The highest BCUT2D eigenvalue weighted by molar-refractivity contribution is 5.73. The van der Waals surface area contributed by atoms with Crippen LogP contribution < -0.4 is 9.47 Å². The van der Waals surface area contributed by atoms with Gasteiger partial charge in [-0.05, 0) is 23.3 Å². The maximum Gasteiger partial charge on any atom is 0.161 e. The van der Waals surface area contributed by atoms with Crippen LogP contribution in [0.2, 0.25) is 0 Å². The number of rotatable bonds is 5. The van der Waals surface area contributed by atoms with Crippen LogP contribution in [0.4, 0.5) is 0 Å². The van der Waals surface area contributed by atoms with Crippen molar-refractivity contribution in [3.8, 4) is 11.5 Å². The Morgan fingerprint density at radius 1 is 0.950 bits per heavy atom. The molecule has 0 amide bonds. The molecule has 2 aromatic rings.